The van der Waals surface area contributed by atoms with Crippen LogP contribution in [0.2, 0.25) is 0 Å². The number of fused-ring (bicyclic) bond motifs is 2. The number of ether oxygens (including phenoxy) is 2. The molecule has 0 saturated heterocycles. The van der Waals surface area contributed by atoms with E-state index in [1.165, 1.54) is 109 Å². The summed E-state index contributed by atoms with van der Waals surface area (Å²) < 4.78 is 74.0. The van der Waals surface area contributed by atoms with Gasteiger partial charge in [0.25, 0.3) is 0 Å². The predicted molar refractivity (Wildman–Crippen MR) is 271 cm³/mol. The van der Waals surface area contributed by atoms with Gasteiger partial charge in [0, 0.05) is 47.0 Å². The average Bonchev–Trinajstić information content (AvgIpc) is 3.36. The summed E-state index contributed by atoms with van der Waals surface area (Å²) >= 11 is 0. The minimum Gasteiger partial charge on any atom is -0.423 e. The first kappa shape index (κ1) is 47.5. The summed E-state index contributed by atoms with van der Waals surface area (Å²) in [5, 5.41) is 13.7. The first-order valence-corrected chi connectivity index (χ1v) is 24.5. The molecule has 18 heteroatoms. The quantitative estimate of drug-likeness (QED) is 0.0454. The SMILES string of the molecule is O=C(Nc1cccc(OC(=O)c2ccc(C(=O)Oc3cccc(NC(=O)Nc4cccc(OS(=O)(=O)c5ccc6ccccc6c5)c4)c3)cc2)c1)Nc1cccc(OS(=O)(=O)c2ccc3ccccc3c2)c1. The summed E-state index contributed by atoms with van der Waals surface area (Å²) in [6.45, 7) is 0. The van der Waals surface area contributed by atoms with Crippen LogP contribution in [0.5, 0.6) is 23.0 Å². The summed E-state index contributed by atoms with van der Waals surface area (Å²) in [5.74, 6) is -1.35. The zero-order valence-electron chi connectivity index (χ0n) is 37.3. The van der Waals surface area contributed by atoms with Crippen molar-refractivity contribution in [3.63, 3.8) is 0 Å². The van der Waals surface area contributed by atoms with Gasteiger partial charge in [0.2, 0.25) is 0 Å². The van der Waals surface area contributed by atoms with E-state index in [0.29, 0.717) is 0 Å². The molecule has 0 unspecified atom stereocenters. The van der Waals surface area contributed by atoms with Crippen LogP contribution in [-0.2, 0) is 20.2 Å². The Morgan fingerprint density at radius 2 is 0.639 bits per heavy atom. The summed E-state index contributed by atoms with van der Waals surface area (Å²) in [6, 6.07) is 51.9. The number of anilines is 4. The third-order valence-corrected chi connectivity index (χ3v) is 13.1. The molecule has 0 saturated carbocycles. The number of carbonyl (C=O) groups is 4. The summed E-state index contributed by atoms with van der Waals surface area (Å²) in [5.41, 5.74) is 1.23. The largest absolute Gasteiger partial charge is 0.423 e. The molecule has 0 fully saturated rings. The molecule has 0 spiro atoms. The predicted octanol–water partition coefficient (Wildman–Crippen LogP) is 11.3. The second-order valence-corrected chi connectivity index (χ2v) is 18.8. The lowest BCUT2D eigenvalue weighted by atomic mass is 10.1. The number of nitrogens with one attached hydrogen (secondary N) is 4. The van der Waals surface area contributed by atoms with Gasteiger partial charge in [-0.05, 0) is 119 Å². The molecule has 9 aromatic rings. The van der Waals surface area contributed by atoms with Gasteiger partial charge in [-0.1, -0.05) is 84.9 Å². The molecule has 0 aliphatic heterocycles. The minimum absolute atomic E-state index is 0.0211. The molecule has 0 aliphatic carbocycles. The van der Waals surface area contributed by atoms with E-state index in [0.717, 1.165) is 21.5 Å². The molecule has 0 atom stereocenters. The third kappa shape index (κ3) is 11.8. The molecule has 358 valence electrons. The number of esters is 2. The van der Waals surface area contributed by atoms with E-state index >= 15 is 0 Å². The fourth-order valence-electron chi connectivity index (χ4n) is 7.18. The summed E-state index contributed by atoms with van der Waals surface area (Å²) in [6.07, 6.45) is 0. The molecule has 72 heavy (non-hydrogen) atoms. The van der Waals surface area contributed by atoms with Crippen LogP contribution in [0.25, 0.3) is 21.5 Å². The van der Waals surface area contributed by atoms with Crippen molar-refractivity contribution in [2.24, 2.45) is 0 Å². The second-order valence-electron chi connectivity index (χ2n) is 15.7. The van der Waals surface area contributed by atoms with Gasteiger partial charge in [-0.3, -0.25) is 0 Å². The Balaban J connectivity index is 0.745. The zero-order valence-corrected chi connectivity index (χ0v) is 39.0. The average molecular weight is 999 g/mol. The van der Waals surface area contributed by atoms with Crippen LogP contribution < -0.4 is 39.1 Å². The number of benzene rings is 9. The van der Waals surface area contributed by atoms with Crippen molar-refractivity contribution in [2.45, 2.75) is 9.79 Å². The lowest BCUT2D eigenvalue weighted by molar-refractivity contribution is 0.0720. The minimum atomic E-state index is -4.19. The lowest BCUT2D eigenvalue weighted by Crippen LogP contribution is -2.19. The number of carbonyl (C=O) groups excluding carboxylic acids is 4. The number of hydrogen-bond donors (Lipinski definition) is 4. The monoisotopic (exact) mass is 998 g/mol. The maximum absolute atomic E-state index is 13.1. The Hall–Kier alpha value is -9.52. The van der Waals surface area contributed by atoms with Gasteiger partial charge in [0.1, 0.15) is 32.8 Å². The normalized spacial score (nSPS) is 11.2. The summed E-state index contributed by atoms with van der Waals surface area (Å²) in [7, 11) is -8.38. The maximum Gasteiger partial charge on any atom is 0.343 e. The van der Waals surface area contributed by atoms with Crippen LogP contribution in [0, 0.1) is 0 Å². The fourth-order valence-corrected chi connectivity index (χ4v) is 9.10. The van der Waals surface area contributed by atoms with Gasteiger partial charge in [-0.2, -0.15) is 16.8 Å². The Bertz CT molecular complexity index is 3550. The van der Waals surface area contributed by atoms with Crippen molar-refractivity contribution in [3.8, 4) is 23.0 Å². The topological polar surface area (TPSA) is 222 Å². The van der Waals surface area contributed by atoms with Gasteiger partial charge in [-0.15, -0.1) is 0 Å². The highest BCUT2D eigenvalue weighted by molar-refractivity contribution is 7.87. The molecule has 4 amide bonds. The highest BCUT2D eigenvalue weighted by atomic mass is 32.2. The third-order valence-electron chi connectivity index (χ3n) is 10.6. The van der Waals surface area contributed by atoms with Crippen LogP contribution in [0.3, 0.4) is 0 Å². The van der Waals surface area contributed by atoms with Crippen molar-refractivity contribution in [1.29, 1.82) is 0 Å². The molecule has 4 N–H and O–H groups in total. The molecule has 0 aliphatic rings. The zero-order chi connectivity index (χ0) is 50.2. The molecular weight excluding hydrogens is 961 g/mol. The fraction of sp³-hybridized carbons (Fsp3) is 0. The highest BCUT2D eigenvalue weighted by Gasteiger charge is 2.20. The molecule has 9 rings (SSSR count). The molecule has 0 radical (unpaired) electrons. The number of urea groups is 2. The first-order valence-electron chi connectivity index (χ1n) is 21.7. The van der Waals surface area contributed by atoms with Crippen LogP contribution in [0.4, 0.5) is 32.3 Å². The Morgan fingerprint density at radius 1 is 0.319 bits per heavy atom. The van der Waals surface area contributed by atoms with Crippen molar-refractivity contribution in [2.75, 3.05) is 21.3 Å². The van der Waals surface area contributed by atoms with Crippen molar-refractivity contribution < 1.29 is 53.9 Å². The molecule has 0 bridgehead atoms. The Labute approximate surface area is 412 Å². The standard InChI is InChI=1S/C54H38N4O12S2/c59-51(67-45-17-5-13-41(31-45)55-53(61)57-43-15-7-19-47(33-43)69-71(63,64)49-27-25-35-9-1-3-11-39(35)29-49)37-21-23-38(24-22-37)52(60)68-46-18-6-14-42(32-46)56-54(62)58-44-16-8-20-48(34-44)70-72(65,66)50-28-26-36-10-2-4-12-40(36)30-50/h1-34H,(H2,55,57,61)(H2,56,58,62). The van der Waals surface area contributed by atoms with E-state index < -0.39 is 44.2 Å². The van der Waals surface area contributed by atoms with E-state index in [1.54, 1.807) is 72.8 Å². The van der Waals surface area contributed by atoms with Crippen molar-refractivity contribution in [1.82, 2.24) is 0 Å². The Morgan fingerprint density at radius 3 is 1.00 bits per heavy atom. The number of rotatable bonds is 14. The van der Waals surface area contributed by atoms with E-state index in [-0.39, 0.29) is 66.7 Å². The first-order chi connectivity index (χ1) is 34.7. The van der Waals surface area contributed by atoms with Crippen LogP contribution in [0.1, 0.15) is 20.7 Å². The number of amides is 4. The molecular formula is C54H38N4O12S2. The van der Waals surface area contributed by atoms with E-state index in [2.05, 4.69) is 21.3 Å². The van der Waals surface area contributed by atoms with Gasteiger partial charge in [0.15, 0.2) is 0 Å². The van der Waals surface area contributed by atoms with Gasteiger partial charge in [-0.25, -0.2) is 19.2 Å². The van der Waals surface area contributed by atoms with Crippen LogP contribution in [0.15, 0.2) is 216 Å². The van der Waals surface area contributed by atoms with E-state index in [9.17, 15) is 36.0 Å². The molecule has 16 nitrogen and oxygen atoms in total. The highest BCUT2D eigenvalue weighted by Crippen LogP contribution is 2.28. The second kappa shape index (κ2) is 20.6. The van der Waals surface area contributed by atoms with Gasteiger partial charge >= 0.3 is 44.2 Å². The lowest BCUT2D eigenvalue weighted by Gasteiger charge is -2.12. The van der Waals surface area contributed by atoms with E-state index in [4.69, 9.17) is 17.8 Å². The maximum atomic E-state index is 13.1. The van der Waals surface area contributed by atoms with E-state index in [1.807, 2.05) is 24.3 Å². The van der Waals surface area contributed by atoms with Crippen LogP contribution in [-0.4, -0.2) is 40.8 Å². The molecule has 9 aromatic carbocycles. The Kier molecular flexibility index (Phi) is 13.6. The van der Waals surface area contributed by atoms with Gasteiger partial charge < -0.3 is 39.1 Å². The van der Waals surface area contributed by atoms with Gasteiger partial charge in [0.05, 0.1) is 11.1 Å². The molecule has 0 heterocycles. The smallest absolute Gasteiger partial charge is 0.343 e. The summed E-state index contributed by atoms with van der Waals surface area (Å²) in [4.78, 5) is 52.0. The van der Waals surface area contributed by atoms with Crippen LogP contribution >= 0.6 is 0 Å². The van der Waals surface area contributed by atoms with Crippen molar-refractivity contribution >= 4 is 88.5 Å². The number of hydrogen-bond acceptors (Lipinski definition) is 12. The molecule has 0 aromatic heterocycles. The van der Waals surface area contributed by atoms with Crippen molar-refractivity contribution in [3.05, 3.63) is 217 Å².